The van der Waals surface area contributed by atoms with E-state index in [0.29, 0.717) is 13.0 Å². The number of carbonyl (C=O) groups excluding carboxylic acids is 1. The molecule has 1 aliphatic carbocycles. The van der Waals surface area contributed by atoms with Gasteiger partial charge in [0.05, 0.1) is 12.1 Å². The van der Waals surface area contributed by atoms with Crippen molar-refractivity contribution in [3.8, 4) is 0 Å². The summed E-state index contributed by atoms with van der Waals surface area (Å²) in [5, 5.41) is 12.6. The van der Waals surface area contributed by atoms with Gasteiger partial charge in [0.1, 0.15) is 0 Å². The first-order valence-corrected chi connectivity index (χ1v) is 4.82. The molecular weight excluding hydrogens is 182 g/mol. The summed E-state index contributed by atoms with van der Waals surface area (Å²) in [6.45, 7) is 4.33. The Bertz CT molecular complexity index is 230. The highest BCUT2D eigenvalue weighted by Gasteiger charge is 2.46. The van der Waals surface area contributed by atoms with Crippen LogP contribution in [-0.2, 0) is 4.79 Å². The maximum atomic E-state index is 10.7. The average Bonchev–Trinajstić information content (AvgIpc) is 2.11. The minimum Gasteiger partial charge on any atom is -0.392 e. The third-order valence-electron chi connectivity index (χ3n) is 3.17. The summed E-state index contributed by atoms with van der Waals surface area (Å²) in [7, 11) is 0. The Morgan fingerprint density at radius 2 is 2.29 bits per heavy atom. The van der Waals surface area contributed by atoms with E-state index in [1.165, 1.54) is 0 Å². The summed E-state index contributed by atoms with van der Waals surface area (Å²) in [6.07, 6.45) is 0.433. The van der Waals surface area contributed by atoms with Crippen LogP contribution >= 0.6 is 0 Å². The third-order valence-corrected chi connectivity index (χ3v) is 3.17. The van der Waals surface area contributed by atoms with Crippen LogP contribution < -0.4 is 16.8 Å². The Balaban J connectivity index is 2.31. The summed E-state index contributed by atoms with van der Waals surface area (Å²) in [5.74, 6) is -0.504. The van der Waals surface area contributed by atoms with Gasteiger partial charge in [-0.15, -0.1) is 0 Å². The van der Waals surface area contributed by atoms with Crippen molar-refractivity contribution in [3.63, 3.8) is 0 Å². The number of nitrogens with one attached hydrogen (secondary N) is 1. The Labute approximate surface area is 83.8 Å². The van der Waals surface area contributed by atoms with Gasteiger partial charge in [0.2, 0.25) is 5.91 Å². The first-order valence-electron chi connectivity index (χ1n) is 4.82. The molecule has 6 N–H and O–H groups in total. The van der Waals surface area contributed by atoms with Gasteiger partial charge in [-0.2, -0.15) is 0 Å². The van der Waals surface area contributed by atoms with E-state index in [2.05, 4.69) is 5.32 Å². The van der Waals surface area contributed by atoms with E-state index in [1.54, 1.807) is 0 Å². The molecule has 1 aliphatic rings. The smallest absolute Gasteiger partial charge is 0.235 e. The number of aliphatic hydroxyl groups excluding tert-OH is 1. The molecule has 1 fully saturated rings. The van der Waals surface area contributed by atoms with Gasteiger partial charge in [0, 0.05) is 18.0 Å². The molecule has 0 aromatic carbocycles. The second-order valence-electron chi connectivity index (χ2n) is 4.54. The molecule has 0 aromatic rings. The molecule has 0 saturated heterocycles. The van der Waals surface area contributed by atoms with Crippen LogP contribution in [0.1, 0.15) is 20.3 Å². The number of hydrogen-bond donors (Lipinski definition) is 4. The minimum absolute atomic E-state index is 0.142. The third kappa shape index (κ3) is 2.05. The lowest BCUT2D eigenvalue weighted by Gasteiger charge is -2.49. The van der Waals surface area contributed by atoms with Gasteiger partial charge in [-0.3, -0.25) is 4.79 Å². The Hall–Kier alpha value is -0.650. The van der Waals surface area contributed by atoms with Crippen molar-refractivity contribution in [1.82, 2.24) is 5.32 Å². The Morgan fingerprint density at radius 3 is 2.64 bits per heavy atom. The maximum absolute atomic E-state index is 10.7. The van der Waals surface area contributed by atoms with Crippen LogP contribution in [-0.4, -0.2) is 35.7 Å². The van der Waals surface area contributed by atoms with Crippen LogP contribution in [0.15, 0.2) is 0 Å². The highest BCUT2D eigenvalue weighted by molar-refractivity contribution is 5.79. The largest absolute Gasteiger partial charge is 0.392 e. The molecule has 3 atom stereocenters. The van der Waals surface area contributed by atoms with E-state index in [0.717, 1.165) is 0 Å². The summed E-state index contributed by atoms with van der Waals surface area (Å²) < 4.78 is 0. The molecule has 0 radical (unpaired) electrons. The number of nitrogens with two attached hydrogens (primary N) is 2. The van der Waals surface area contributed by atoms with Gasteiger partial charge in [-0.1, -0.05) is 13.8 Å². The average molecular weight is 201 g/mol. The highest BCUT2D eigenvalue weighted by atomic mass is 16.3. The van der Waals surface area contributed by atoms with Crippen molar-refractivity contribution in [2.75, 3.05) is 6.54 Å². The lowest BCUT2D eigenvalue weighted by atomic mass is 9.64. The Morgan fingerprint density at radius 1 is 1.71 bits per heavy atom. The zero-order valence-electron chi connectivity index (χ0n) is 8.66. The van der Waals surface area contributed by atoms with Crippen molar-refractivity contribution < 1.29 is 9.90 Å². The lowest BCUT2D eigenvalue weighted by molar-refractivity contribution is -0.119. The standard InChI is InChI=1S/C9H19N3O2/c1-9(2)6(3-7(9)13)12-4-5(10)8(11)14/h5-7,12-13H,3-4,10H2,1-2H3,(H2,11,14). The predicted octanol–water partition coefficient (Wildman–Crippen LogP) is -1.45. The number of hydrogen-bond acceptors (Lipinski definition) is 4. The molecule has 5 nitrogen and oxygen atoms in total. The summed E-state index contributed by atoms with van der Waals surface area (Å²) >= 11 is 0. The molecule has 1 saturated carbocycles. The van der Waals surface area contributed by atoms with Gasteiger partial charge in [0.25, 0.3) is 0 Å². The molecule has 0 aliphatic heterocycles. The van der Waals surface area contributed by atoms with Gasteiger partial charge in [-0.05, 0) is 6.42 Å². The fraction of sp³-hybridized carbons (Fsp3) is 0.889. The van der Waals surface area contributed by atoms with E-state index in [1.807, 2.05) is 13.8 Å². The predicted molar refractivity (Wildman–Crippen MR) is 53.4 cm³/mol. The summed E-state index contributed by atoms with van der Waals surface area (Å²) in [6, 6.07) is -0.438. The molecule has 14 heavy (non-hydrogen) atoms. The van der Waals surface area contributed by atoms with E-state index in [4.69, 9.17) is 11.5 Å². The molecule has 5 heteroatoms. The molecule has 0 bridgehead atoms. The molecule has 1 amide bonds. The number of primary amides is 1. The fourth-order valence-corrected chi connectivity index (χ4v) is 1.62. The lowest BCUT2D eigenvalue weighted by Crippen LogP contribution is -2.62. The normalized spacial score (nSPS) is 32.0. The zero-order valence-corrected chi connectivity index (χ0v) is 8.66. The van der Waals surface area contributed by atoms with E-state index < -0.39 is 11.9 Å². The Kier molecular flexibility index (Phi) is 3.14. The van der Waals surface area contributed by atoms with Crippen molar-refractivity contribution in [1.29, 1.82) is 0 Å². The SMILES string of the molecule is CC1(C)C(O)CC1NCC(N)C(N)=O. The second kappa shape index (κ2) is 3.84. The quantitative estimate of drug-likeness (QED) is 0.447. The van der Waals surface area contributed by atoms with Gasteiger partial charge in [0.15, 0.2) is 0 Å². The zero-order chi connectivity index (χ0) is 10.9. The first-order chi connectivity index (χ1) is 6.35. The molecule has 1 rings (SSSR count). The monoisotopic (exact) mass is 201 g/mol. The molecule has 82 valence electrons. The second-order valence-corrected chi connectivity index (χ2v) is 4.54. The fourth-order valence-electron chi connectivity index (χ4n) is 1.62. The number of carbonyl (C=O) groups is 1. The van der Waals surface area contributed by atoms with Crippen LogP contribution in [0, 0.1) is 5.41 Å². The van der Waals surface area contributed by atoms with Crippen LogP contribution in [0.4, 0.5) is 0 Å². The first kappa shape index (κ1) is 11.4. The van der Waals surface area contributed by atoms with E-state index in [-0.39, 0.29) is 17.6 Å². The van der Waals surface area contributed by atoms with Crippen molar-refractivity contribution in [2.24, 2.45) is 16.9 Å². The molecule has 3 unspecified atom stereocenters. The van der Waals surface area contributed by atoms with Crippen LogP contribution in [0.25, 0.3) is 0 Å². The highest BCUT2D eigenvalue weighted by Crippen LogP contribution is 2.40. The molecule has 0 spiro atoms. The summed E-state index contributed by atoms with van der Waals surface area (Å²) in [4.78, 5) is 10.7. The van der Waals surface area contributed by atoms with Gasteiger partial charge < -0.3 is 21.9 Å². The van der Waals surface area contributed by atoms with Gasteiger partial charge in [-0.25, -0.2) is 0 Å². The molecule has 0 heterocycles. The topological polar surface area (TPSA) is 101 Å². The molecular formula is C9H19N3O2. The molecule has 0 aromatic heterocycles. The van der Waals surface area contributed by atoms with Crippen LogP contribution in [0.3, 0.4) is 0 Å². The maximum Gasteiger partial charge on any atom is 0.235 e. The van der Waals surface area contributed by atoms with Gasteiger partial charge >= 0.3 is 0 Å². The summed E-state index contributed by atoms with van der Waals surface area (Å²) in [5.41, 5.74) is 10.3. The van der Waals surface area contributed by atoms with Crippen molar-refractivity contribution in [3.05, 3.63) is 0 Å². The van der Waals surface area contributed by atoms with Crippen LogP contribution in [0.2, 0.25) is 0 Å². The van der Waals surface area contributed by atoms with E-state index >= 15 is 0 Å². The number of amides is 1. The number of rotatable bonds is 4. The van der Waals surface area contributed by atoms with Crippen molar-refractivity contribution >= 4 is 5.91 Å². The minimum atomic E-state index is -0.649. The van der Waals surface area contributed by atoms with Crippen LogP contribution in [0.5, 0.6) is 0 Å². The number of aliphatic hydroxyl groups is 1. The van der Waals surface area contributed by atoms with E-state index in [9.17, 15) is 9.90 Å². The van der Waals surface area contributed by atoms with Crippen molar-refractivity contribution in [2.45, 2.75) is 38.5 Å².